The molecule has 8 nitrogen and oxygen atoms in total. The summed E-state index contributed by atoms with van der Waals surface area (Å²) in [5.41, 5.74) is 2.01. The minimum Gasteiger partial charge on any atom is -0.384 e. The van der Waals surface area contributed by atoms with E-state index in [0.717, 1.165) is 36.1 Å². The SMILES string of the molecule is Cn1c(=O)cc(N2CC[C@H](NC(=O)c3cccc4c3NCCC4)C2)[nH]c1=O. The second-order valence-electron chi connectivity index (χ2n) is 7.13. The zero-order valence-corrected chi connectivity index (χ0v) is 15.2. The maximum absolute atomic E-state index is 12.8. The maximum atomic E-state index is 12.8. The third-order valence-corrected chi connectivity index (χ3v) is 5.31. The van der Waals surface area contributed by atoms with E-state index < -0.39 is 5.69 Å². The highest BCUT2D eigenvalue weighted by atomic mass is 16.2. The Morgan fingerprint density at radius 1 is 1.30 bits per heavy atom. The first-order valence-corrected chi connectivity index (χ1v) is 9.25. The number of hydrogen-bond donors (Lipinski definition) is 3. The van der Waals surface area contributed by atoms with Crippen molar-refractivity contribution in [2.24, 2.45) is 7.05 Å². The van der Waals surface area contributed by atoms with Crippen molar-refractivity contribution in [1.29, 1.82) is 0 Å². The van der Waals surface area contributed by atoms with Gasteiger partial charge in [-0.2, -0.15) is 0 Å². The quantitative estimate of drug-likeness (QED) is 0.729. The summed E-state index contributed by atoms with van der Waals surface area (Å²) < 4.78 is 1.03. The van der Waals surface area contributed by atoms with Crippen molar-refractivity contribution in [1.82, 2.24) is 14.9 Å². The van der Waals surface area contributed by atoms with Gasteiger partial charge in [-0.1, -0.05) is 12.1 Å². The van der Waals surface area contributed by atoms with E-state index in [1.54, 1.807) is 0 Å². The summed E-state index contributed by atoms with van der Waals surface area (Å²) in [6, 6.07) is 7.21. The summed E-state index contributed by atoms with van der Waals surface area (Å²) in [6.07, 6.45) is 2.81. The monoisotopic (exact) mass is 369 g/mol. The van der Waals surface area contributed by atoms with Crippen LogP contribution in [0.2, 0.25) is 0 Å². The molecule has 0 radical (unpaired) electrons. The van der Waals surface area contributed by atoms with Gasteiger partial charge in [-0.25, -0.2) is 4.79 Å². The topological polar surface area (TPSA) is 99.2 Å². The lowest BCUT2D eigenvalue weighted by Crippen LogP contribution is -2.39. The van der Waals surface area contributed by atoms with Gasteiger partial charge in [0, 0.05) is 38.8 Å². The summed E-state index contributed by atoms with van der Waals surface area (Å²) in [6.45, 7) is 2.10. The number of amides is 1. The number of anilines is 2. The van der Waals surface area contributed by atoms with Crippen LogP contribution in [0.3, 0.4) is 0 Å². The van der Waals surface area contributed by atoms with E-state index in [9.17, 15) is 14.4 Å². The fraction of sp³-hybridized carbons (Fsp3) is 0.421. The van der Waals surface area contributed by atoms with E-state index >= 15 is 0 Å². The Morgan fingerprint density at radius 3 is 2.96 bits per heavy atom. The minimum atomic E-state index is -0.438. The van der Waals surface area contributed by atoms with Crippen LogP contribution in [0, 0.1) is 0 Å². The number of aromatic amines is 1. The van der Waals surface area contributed by atoms with Gasteiger partial charge in [-0.05, 0) is 30.9 Å². The Labute approximate surface area is 156 Å². The van der Waals surface area contributed by atoms with E-state index in [2.05, 4.69) is 21.7 Å². The third-order valence-electron chi connectivity index (χ3n) is 5.31. The third kappa shape index (κ3) is 3.34. The van der Waals surface area contributed by atoms with Crippen LogP contribution in [0.15, 0.2) is 33.9 Å². The standard InChI is InChI=1S/C19H23N5O3/c1-23-16(25)10-15(22-19(23)27)24-9-7-13(11-24)21-18(26)14-6-2-4-12-5-3-8-20-17(12)14/h2,4,6,10,13,20H,3,5,7-9,11H2,1H3,(H,21,26)(H,22,27)/t13-/m0/s1. The highest BCUT2D eigenvalue weighted by Crippen LogP contribution is 2.26. The molecule has 8 heteroatoms. The first-order chi connectivity index (χ1) is 13.0. The lowest BCUT2D eigenvalue weighted by Gasteiger charge is -2.22. The molecular formula is C19H23N5O3. The number of carbonyl (C=O) groups is 1. The number of aryl methyl sites for hydroxylation is 1. The fourth-order valence-electron chi connectivity index (χ4n) is 3.77. The number of nitrogens with one attached hydrogen (secondary N) is 3. The Morgan fingerprint density at radius 2 is 2.15 bits per heavy atom. The number of aromatic nitrogens is 2. The fourth-order valence-corrected chi connectivity index (χ4v) is 3.77. The number of carbonyl (C=O) groups excluding carboxylic acids is 1. The molecule has 2 aliphatic rings. The van der Waals surface area contributed by atoms with Crippen LogP contribution < -0.4 is 26.8 Å². The molecule has 1 aromatic carbocycles. The number of fused-ring (bicyclic) bond motifs is 1. The lowest BCUT2D eigenvalue weighted by atomic mass is 9.99. The summed E-state index contributed by atoms with van der Waals surface area (Å²) >= 11 is 0. The Hall–Kier alpha value is -3.03. The van der Waals surface area contributed by atoms with E-state index in [1.165, 1.54) is 18.7 Å². The van der Waals surface area contributed by atoms with Crippen LogP contribution >= 0.6 is 0 Å². The number of H-pyrrole nitrogens is 1. The second kappa shape index (κ2) is 6.94. The molecule has 1 fully saturated rings. The molecule has 0 aliphatic carbocycles. The van der Waals surface area contributed by atoms with Crippen molar-refractivity contribution in [2.45, 2.75) is 25.3 Å². The Balaban J connectivity index is 1.47. The molecule has 0 spiro atoms. The lowest BCUT2D eigenvalue weighted by molar-refractivity contribution is 0.0941. The molecule has 4 rings (SSSR count). The van der Waals surface area contributed by atoms with E-state index in [1.807, 2.05) is 17.0 Å². The van der Waals surface area contributed by atoms with Crippen molar-refractivity contribution in [3.05, 3.63) is 56.2 Å². The minimum absolute atomic E-state index is 0.0375. The van der Waals surface area contributed by atoms with Gasteiger partial charge in [-0.3, -0.25) is 19.1 Å². The van der Waals surface area contributed by atoms with Crippen molar-refractivity contribution < 1.29 is 4.79 Å². The smallest absolute Gasteiger partial charge is 0.329 e. The highest BCUT2D eigenvalue weighted by Gasteiger charge is 2.27. The molecule has 142 valence electrons. The summed E-state index contributed by atoms with van der Waals surface area (Å²) in [7, 11) is 1.44. The second-order valence-corrected chi connectivity index (χ2v) is 7.13. The molecule has 2 aliphatic heterocycles. The first-order valence-electron chi connectivity index (χ1n) is 9.25. The summed E-state index contributed by atoms with van der Waals surface area (Å²) in [4.78, 5) is 41.1. The van der Waals surface area contributed by atoms with Crippen LogP contribution in [0.5, 0.6) is 0 Å². The predicted octanol–water partition coefficient (Wildman–Crippen LogP) is 0.440. The van der Waals surface area contributed by atoms with Gasteiger partial charge in [0.2, 0.25) is 0 Å². The molecule has 3 heterocycles. The molecule has 0 bridgehead atoms. The van der Waals surface area contributed by atoms with Crippen molar-refractivity contribution in [3.63, 3.8) is 0 Å². The van der Waals surface area contributed by atoms with Crippen molar-refractivity contribution in [2.75, 3.05) is 29.9 Å². The van der Waals surface area contributed by atoms with Gasteiger partial charge < -0.3 is 15.5 Å². The van der Waals surface area contributed by atoms with Gasteiger partial charge in [-0.15, -0.1) is 0 Å². The van der Waals surface area contributed by atoms with Gasteiger partial charge in [0.25, 0.3) is 11.5 Å². The average Bonchev–Trinajstić information content (AvgIpc) is 3.13. The van der Waals surface area contributed by atoms with Crippen molar-refractivity contribution in [3.8, 4) is 0 Å². The van der Waals surface area contributed by atoms with Crippen LogP contribution in [0.1, 0.15) is 28.8 Å². The average molecular weight is 369 g/mol. The highest BCUT2D eigenvalue weighted by molar-refractivity contribution is 6.00. The zero-order valence-electron chi connectivity index (χ0n) is 15.2. The number of benzene rings is 1. The summed E-state index contributed by atoms with van der Waals surface area (Å²) in [5.74, 6) is 0.407. The van der Waals surface area contributed by atoms with Crippen LogP contribution in [0.4, 0.5) is 11.5 Å². The molecule has 1 saturated heterocycles. The van der Waals surface area contributed by atoms with Gasteiger partial charge in [0.1, 0.15) is 5.82 Å². The molecular weight excluding hydrogens is 346 g/mol. The number of hydrogen-bond acceptors (Lipinski definition) is 5. The van der Waals surface area contributed by atoms with E-state index in [4.69, 9.17) is 0 Å². The number of nitrogens with zero attached hydrogens (tertiary/aromatic N) is 2. The molecule has 1 aromatic heterocycles. The number of rotatable bonds is 3. The van der Waals surface area contributed by atoms with Crippen LogP contribution in [-0.2, 0) is 13.5 Å². The normalized spacial score (nSPS) is 18.7. The molecule has 1 atom stereocenters. The van der Waals surface area contributed by atoms with E-state index in [-0.39, 0.29) is 17.5 Å². The Kier molecular flexibility index (Phi) is 4.47. The largest absolute Gasteiger partial charge is 0.384 e. The van der Waals surface area contributed by atoms with Crippen molar-refractivity contribution >= 4 is 17.4 Å². The molecule has 0 unspecified atom stereocenters. The van der Waals surface area contributed by atoms with Gasteiger partial charge in [0.05, 0.1) is 11.3 Å². The van der Waals surface area contributed by atoms with Gasteiger partial charge >= 0.3 is 5.69 Å². The van der Waals surface area contributed by atoms with Gasteiger partial charge in [0.15, 0.2) is 0 Å². The Bertz CT molecular complexity index is 962. The van der Waals surface area contributed by atoms with Crippen LogP contribution in [-0.4, -0.2) is 41.1 Å². The molecule has 1 amide bonds. The van der Waals surface area contributed by atoms with Crippen LogP contribution in [0.25, 0.3) is 0 Å². The molecule has 3 N–H and O–H groups in total. The summed E-state index contributed by atoms with van der Waals surface area (Å²) in [5, 5.41) is 6.43. The van der Waals surface area contributed by atoms with E-state index in [0.29, 0.717) is 24.5 Å². The first kappa shape index (κ1) is 17.4. The predicted molar refractivity (Wildman–Crippen MR) is 104 cm³/mol. The molecule has 0 saturated carbocycles. The zero-order chi connectivity index (χ0) is 19.0. The number of para-hydroxylation sites is 1. The molecule has 27 heavy (non-hydrogen) atoms. The maximum Gasteiger partial charge on any atom is 0.329 e. The molecule has 2 aromatic rings.